The van der Waals surface area contributed by atoms with Crippen LogP contribution in [0.4, 0.5) is 5.95 Å². The standard InChI is InChI=1S/C24H25ClN4O/c1-17-4-8-19(9-5-17)21-14-27-24(28-15-21)29-12-2-3-20(16-29)23(30)26-13-18-6-10-22(25)11-7-18/h4-11,14-15,20H,2-3,12-13,16H2,1H3,(H,26,30). The van der Waals surface area contributed by atoms with Crippen molar-refractivity contribution in [2.75, 3.05) is 18.0 Å². The number of nitrogens with one attached hydrogen (secondary N) is 1. The quantitative estimate of drug-likeness (QED) is 0.653. The van der Waals surface area contributed by atoms with E-state index in [0.717, 1.165) is 36.1 Å². The second kappa shape index (κ2) is 9.26. The molecular formula is C24H25ClN4O. The third-order valence-electron chi connectivity index (χ3n) is 5.48. The van der Waals surface area contributed by atoms with E-state index >= 15 is 0 Å². The van der Waals surface area contributed by atoms with E-state index in [2.05, 4.69) is 51.4 Å². The van der Waals surface area contributed by atoms with E-state index in [1.165, 1.54) is 5.56 Å². The summed E-state index contributed by atoms with van der Waals surface area (Å²) in [5.74, 6) is 0.693. The van der Waals surface area contributed by atoms with E-state index in [9.17, 15) is 4.79 Å². The third-order valence-corrected chi connectivity index (χ3v) is 5.73. The number of hydrogen-bond donors (Lipinski definition) is 1. The van der Waals surface area contributed by atoms with Gasteiger partial charge in [0.1, 0.15) is 0 Å². The largest absolute Gasteiger partial charge is 0.352 e. The number of halogens is 1. The highest BCUT2D eigenvalue weighted by atomic mass is 35.5. The predicted molar refractivity (Wildman–Crippen MR) is 120 cm³/mol. The number of benzene rings is 2. The van der Waals surface area contributed by atoms with Gasteiger partial charge in [-0.2, -0.15) is 0 Å². The first-order chi connectivity index (χ1) is 14.6. The first-order valence-electron chi connectivity index (χ1n) is 10.2. The minimum atomic E-state index is -0.0635. The highest BCUT2D eigenvalue weighted by molar-refractivity contribution is 6.30. The van der Waals surface area contributed by atoms with Gasteiger partial charge in [0.05, 0.1) is 5.92 Å². The summed E-state index contributed by atoms with van der Waals surface area (Å²) < 4.78 is 0. The molecule has 4 rings (SSSR count). The Morgan fingerprint density at radius 3 is 2.47 bits per heavy atom. The van der Waals surface area contributed by atoms with Gasteiger partial charge >= 0.3 is 0 Å². The van der Waals surface area contributed by atoms with Crippen LogP contribution in [0.3, 0.4) is 0 Å². The summed E-state index contributed by atoms with van der Waals surface area (Å²) in [5, 5.41) is 3.74. The number of carbonyl (C=O) groups is 1. The Balaban J connectivity index is 1.36. The number of aromatic nitrogens is 2. The van der Waals surface area contributed by atoms with Crippen LogP contribution in [0.2, 0.25) is 5.02 Å². The van der Waals surface area contributed by atoms with Crippen molar-refractivity contribution in [1.29, 1.82) is 0 Å². The minimum absolute atomic E-state index is 0.0635. The van der Waals surface area contributed by atoms with Gasteiger partial charge in [0.2, 0.25) is 11.9 Å². The molecule has 0 radical (unpaired) electrons. The smallest absolute Gasteiger partial charge is 0.225 e. The second-order valence-electron chi connectivity index (χ2n) is 7.77. The molecule has 1 aliphatic rings. The molecule has 6 heteroatoms. The van der Waals surface area contributed by atoms with Crippen molar-refractivity contribution in [1.82, 2.24) is 15.3 Å². The number of carbonyl (C=O) groups excluding carboxylic acids is 1. The lowest BCUT2D eigenvalue weighted by Crippen LogP contribution is -2.43. The van der Waals surface area contributed by atoms with Crippen LogP contribution in [0, 0.1) is 12.8 Å². The normalized spacial score (nSPS) is 16.3. The summed E-state index contributed by atoms with van der Waals surface area (Å²) in [6.07, 6.45) is 5.54. The van der Waals surface area contributed by atoms with Gasteiger partial charge in [0, 0.05) is 42.6 Å². The number of nitrogens with zero attached hydrogens (tertiary/aromatic N) is 3. The first kappa shape index (κ1) is 20.4. The van der Waals surface area contributed by atoms with Crippen LogP contribution in [0.1, 0.15) is 24.0 Å². The van der Waals surface area contributed by atoms with Crippen LogP contribution in [0.25, 0.3) is 11.1 Å². The van der Waals surface area contributed by atoms with Crippen LogP contribution in [-0.4, -0.2) is 29.0 Å². The maximum atomic E-state index is 12.7. The van der Waals surface area contributed by atoms with Crippen LogP contribution < -0.4 is 10.2 Å². The fourth-order valence-electron chi connectivity index (χ4n) is 3.69. The molecule has 1 unspecified atom stereocenters. The number of anilines is 1. The van der Waals surface area contributed by atoms with Gasteiger partial charge in [0.25, 0.3) is 0 Å². The fraction of sp³-hybridized carbons (Fsp3) is 0.292. The summed E-state index contributed by atoms with van der Waals surface area (Å²) >= 11 is 5.92. The van der Waals surface area contributed by atoms with Crippen molar-refractivity contribution >= 4 is 23.5 Å². The van der Waals surface area contributed by atoms with Crippen molar-refractivity contribution in [3.63, 3.8) is 0 Å². The van der Waals surface area contributed by atoms with E-state index in [0.29, 0.717) is 24.1 Å². The van der Waals surface area contributed by atoms with Gasteiger partial charge < -0.3 is 10.2 Å². The van der Waals surface area contributed by atoms with Gasteiger partial charge in [0.15, 0.2) is 0 Å². The summed E-state index contributed by atoms with van der Waals surface area (Å²) in [4.78, 5) is 23.9. The summed E-state index contributed by atoms with van der Waals surface area (Å²) in [6, 6.07) is 15.9. The molecule has 5 nitrogen and oxygen atoms in total. The molecular weight excluding hydrogens is 396 g/mol. The number of rotatable bonds is 5. The Morgan fingerprint density at radius 1 is 1.07 bits per heavy atom. The first-order valence-corrected chi connectivity index (χ1v) is 10.6. The van der Waals surface area contributed by atoms with E-state index in [4.69, 9.17) is 11.6 Å². The molecule has 1 aliphatic heterocycles. The van der Waals surface area contributed by atoms with Crippen LogP contribution in [-0.2, 0) is 11.3 Å². The molecule has 1 atom stereocenters. The average molecular weight is 421 g/mol. The zero-order valence-corrected chi connectivity index (χ0v) is 17.8. The van der Waals surface area contributed by atoms with Crippen molar-refractivity contribution < 1.29 is 4.79 Å². The Bertz CT molecular complexity index is 987. The lowest BCUT2D eigenvalue weighted by Gasteiger charge is -2.32. The highest BCUT2D eigenvalue weighted by Gasteiger charge is 2.27. The van der Waals surface area contributed by atoms with Crippen LogP contribution >= 0.6 is 11.6 Å². The van der Waals surface area contributed by atoms with Crippen LogP contribution in [0.5, 0.6) is 0 Å². The predicted octanol–water partition coefficient (Wildman–Crippen LogP) is 4.64. The molecule has 2 aromatic carbocycles. The highest BCUT2D eigenvalue weighted by Crippen LogP contribution is 2.23. The summed E-state index contributed by atoms with van der Waals surface area (Å²) in [5.41, 5.74) is 4.36. The minimum Gasteiger partial charge on any atom is -0.352 e. The summed E-state index contributed by atoms with van der Waals surface area (Å²) in [6.45, 7) is 4.08. The molecule has 0 saturated carbocycles. The molecule has 1 N–H and O–H groups in total. The molecule has 154 valence electrons. The monoisotopic (exact) mass is 420 g/mol. The average Bonchev–Trinajstić information content (AvgIpc) is 2.79. The molecule has 2 heterocycles. The Labute approximate surface area is 182 Å². The molecule has 30 heavy (non-hydrogen) atoms. The number of aryl methyl sites for hydroxylation is 1. The van der Waals surface area contributed by atoms with Crippen molar-refractivity contribution in [2.45, 2.75) is 26.3 Å². The van der Waals surface area contributed by atoms with Gasteiger partial charge in [-0.3, -0.25) is 4.79 Å². The van der Waals surface area contributed by atoms with E-state index in [1.807, 2.05) is 36.7 Å². The zero-order chi connectivity index (χ0) is 20.9. The van der Waals surface area contributed by atoms with Gasteiger partial charge in [-0.1, -0.05) is 53.6 Å². The number of hydrogen-bond acceptors (Lipinski definition) is 4. The number of amides is 1. The Morgan fingerprint density at radius 2 is 1.77 bits per heavy atom. The van der Waals surface area contributed by atoms with Crippen molar-refractivity contribution in [3.8, 4) is 11.1 Å². The molecule has 0 aliphatic carbocycles. The Hall–Kier alpha value is -2.92. The lowest BCUT2D eigenvalue weighted by atomic mass is 9.97. The molecule has 1 fully saturated rings. The molecule has 0 bridgehead atoms. The topological polar surface area (TPSA) is 58.1 Å². The van der Waals surface area contributed by atoms with E-state index in [-0.39, 0.29) is 11.8 Å². The number of piperidine rings is 1. The molecule has 1 amide bonds. The van der Waals surface area contributed by atoms with Crippen molar-refractivity contribution in [2.24, 2.45) is 5.92 Å². The summed E-state index contributed by atoms with van der Waals surface area (Å²) in [7, 11) is 0. The maximum Gasteiger partial charge on any atom is 0.225 e. The molecule has 3 aromatic rings. The molecule has 1 aromatic heterocycles. The fourth-order valence-corrected chi connectivity index (χ4v) is 3.81. The SMILES string of the molecule is Cc1ccc(-c2cnc(N3CCCC(C(=O)NCc4ccc(Cl)cc4)C3)nc2)cc1. The third kappa shape index (κ3) is 4.97. The van der Waals surface area contributed by atoms with Gasteiger partial charge in [-0.05, 0) is 43.0 Å². The lowest BCUT2D eigenvalue weighted by molar-refractivity contribution is -0.125. The molecule has 1 saturated heterocycles. The second-order valence-corrected chi connectivity index (χ2v) is 8.20. The van der Waals surface area contributed by atoms with Crippen molar-refractivity contribution in [3.05, 3.63) is 77.1 Å². The molecule has 0 spiro atoms. The maximum absolute atomic E-state index is 12.7. The Kier molecular flexibility index (Phi) is 6.29. The van der Waals surface area contributed by atoms with Gasteiger partial charge in [-0.25, -0.2) is 9.97 Å². The van der Waals surface area contributed by atoms with E-state index < -0.39 is 0 Å². The zero-order valence-electron chi connectivity index (χ0n) is 17.0. The van der Waals surface area contributed by atoms with Gasteiger partial charge in [-0.15, -0.1) is 0 Å². The van der Waals surface area contributed by atoms with E-state index in [1.54, 1.807) is 0 Å². The van der Waals surface area contributed by atoms with Crippen LogP contribution in [0.15, 0.2) is 60.9 Å².